The Morgan fingerprint density at radius 1 is 0.824 bits per heavy atom. The minimum Gasteiger partial charge on any atom is -0.491 e. The second-order valence-electron chi connectivity index (χ2n) is 11.9. The van der Waals surface area contributed by atoms with Crippen molar-refractivity contribution in [3.63, 3.8) is 0 Å². The quantitative estimate of drug-likeness (QED) is 0.141. The Kier molecular flexibility index (Phi) is 9.38. The Labute approximate surface area is 291 Å². The first-order chi connectivity index (χ1) is 24.8. The Morgan fingerprint density at radius 3 is 2.37 bits per heavy atom. The second-order valence-corrected chi connectivity index (χ2v) is 11.9. The number of carbonyl (C=O) groups is 4. The predicted octanol–water partition coefficient (Wildman–Crippen LogP) is 3.55. The smallest absolute Gasteiger partial charge is 0.262 e. The zero-order valence-electron chi connectivity index (χ0n) is 27.6. The number of benzene rings is 2. The van der Waals surface area contributed by atoms with Gasteiger partial charge in [0.05, 0.1) is 43.1 Å². The topological polar surface area (TPSA) is 175 Å². The van der Waals surface area contributed by atoms with Crippen LogP contribution in [0.5, 0.6) is 11.6 Å². The van der Waals surface area contributed by atoms with Gasteiger partial charge in [0.2, 0.25) is 17.7 Å². The van der Waals surface area contributed by atoms with Crippen LogP contribution in [0.15, 0.2) is 67.1 Å². The van der Waals surface area contributed by atoms with E-state index in [-0.39, 0.29) is 56.3 Å². The van der Waals surface area contributed by atoms with Crippen LogP contribution in [0.2, 0.25) is 0 Å². The predicted molar refractivity (Wildman–Crippen MR) is 182 cm³/mol. The van der Waals surface area contributed by atoms with E-state index in [1.807, 2.05) is 25.4 Å². The lowest BCUT2D eigenvalue weighted by molar-refractivity contribution is -0.136. The van der Waals surface area contributed by atoms with Crippen LogP contribution in [-0.4, -0.2) is 88.7 Å². The number of rotatable bonds is 13. The number of aromatic nitrogens is 3. The van der Waals surface area contributed by atoms with E-state index in [9.17, 15) is 24.4 Å². The molecule has 14 heteroatoms. The molecule has 0 bridgehead atoms. The maximum absolute atomic E-state index is 13.0. The van der Waals surface area contributed by atoms with Crippen LogP contribution in [0.25, 0.3) is 32.9 Å². The molecule has 5 heterocycles. The highest BCUT2D eigenvalue weighted by molar-refractivity contribution is 6.23. The summed E-state index contributed by atoms with van der Waals surface area (Å²) in [5.74, 6) is -1.66. The van der Waals surface area contributed by atoms with Crippen molar-refractivity contribution >= 4 is 45.4 Å². The van der Waals surface area contributed by atoms with E-state index in [1.54, 1.807) is 24.5 Å². The average Bonchev–Trinajstić information content (AvgIpc) is 3.57. The summed E-state index contributed by atoms with van der Waals surface area (Å²) in [6.07, 6.45) is 5.47. The van der Waals surface area contributed by atoms with Gasteiger partial charge in [0.25, 0.3) is 11.8 Å². The van der Waals surface area contributed by atoms with Gasteiger partial charge in [-0.2, -0.15) is 5.26 Å². The molecule has 1 N–H and O–H groups in total. The van der Waals surface area contributed by atoms with Crippen molar-refractivity contribution in [3.05, 3.63) is 83.8 Å². The number of nitrogens with one attached hydrogen (secondary N) is 1. The number of piperidine rings is 1. The minimum absolute atomic E-state index is 0.0526. The van der Waals surface area contributed by atoms with Gasteiger partial charge in [-0.1, -0.05) is 12.1 Å². The summed E-state index contributed by atoms with van der Waals surface area (Å²) in [6.45, 7) is 1.50. The van der Waals surface area contributed by atoms with E-state index in [4.69, 9.17) is 18.9 Å². The number of nitriles is 1. The number of hydrogen-bond donors (Lipinski definition) is 1. The number of fused-ring (bicyclic) bond motifs is 4. The number of carbonyl (C=O) groups excluding carboxylic acids is 4. The first kappa shape index (κ1) is 33.3. The van der Waals surface area contributed by atoms with Crippen molar-refractivity contribution in [2.24, 2.45) is 7.05 Å². The normalized spacial score (nSPS) is 15.7. The molecule has 14 nitrogen and oxygen atoms in total. The van der Waals surface area contributed by atoms with Gasteiger partial charge in [-0.3, -0.25) is 34.4 Å². The molecule has 0 radical (unpaired) electrons. The molecule has 1 atom stereocenters. The third kappa shape index (κ3) is 6.60. The average molecular weight is 689 g/mol. The standard InChI is InChI=1S/C37H32N6O8/c1-42-30-8-9-39-21-29(30)26-4-2-22(17-32(26)42)24-16-23(19-38)35(40-20-24)51-15-13-49-11-10-48-12-14-50-25-3-5-27-28(18-25)37(47)43(36(27)46)31-6-7-33(44)41-34(31)45/h2-5,8-9,16-18,20-21,31H,6-7,10-15H2,1H3,(H,41,44,45). The maximum atomic E-state index is 13.0. The van der Waals surface area contributed by atoms with Crippen molar-refractivity contribution in [3.8, 4) is 28.8 Å². The molecule has 51 heavy (non-hydrogen) atoms. The Morgan fingerprint density at radius 2 is 1.59 bits per heavy atom. The van der Waals surface area contributed by atoms with E-state index in [1.165, 1.54) is 12.1 Å². The van der Waals surface area contributed by atoms with Crippen molar-refractivity contribution in [1.82, 2.24) is 24.8 Å². The molecule has 258 valence electrons. The molecule has 1 fully saturated rings. The lowest BCUT2D eigenvalue weighted by Gasteiger charge is -2.27. The van der Waals surface area contributed by atoms with E-state index in [0.29, 0.717) is 24.5 Å². The fourth-order valence-corrected chi connectivity index (χ4v) is 6.32. The third-order valence-electron chi connectivity index (χ3n) is 8.86. The number of aryl methyl sites for hydroxylation is 1. The first-order valence-electron chi connectivity index (χ1n) is 16.3. The Bertz CT molecular complexity index is 2240. The molecule has 1 saturated heterocycles. The minimum atomic E-state index is -1.03. The van der Waals surface area contributed by atoms with Crippen LogP contribution in [0.3, 0.4) is 0 Å². The summed E-state index contributed by atoms with van der Waals surface area (Å²) in [5.41, 5.74) is 4.53. The zero-order valence-corrected chi connectivity index (χ0v) is 27.6. The molecule has 5 aromatic rings. The zero-order chi connectivity index (χ0) is 35.5. The highest BCUT2D eigenvalue weighted by Gasteiger charge is 2.44. The first-order valence-corrected chi connectivity index (χ1v) is 16.3. The van der Waals surface area contributed by atoms with Crippen LogP contribution in [0.1, 0.15) is 39.1 Å². The summed E-state index contributed by atoms with van der Waals surface area (Å²) >= 11 is 0. The van der Waals surface area contributed by atoms with Gasteiger partial charge in [0.15, 0.2) is 0 Å². The largest absolute Gasteiger partial charge is 0.491 e. The van der Waals surface area contributed by atoms with Crippen LogP contribution in [0.4, 0.5) is 0 Å². The maximum Gasteiger partial charge on any atom is 0.262 e. The van der Waals surface area contributed by atoms with E-state index in [2.05, 4.69) is 38.1 Å². The number of ether oxygens (including phenoxy) is 4. The van der Waals surface area contributed by atoms with Crippen LogP contribution in [0, 0.1) is 11.3 Å². The SMILES string of the molecule is Cn1c2ccncc2c2ccc(-c3cnc(OCCOCCOCCOc4ccc5c(c4)C(=O)N(C4CCC(=O)NC4=O)C5=O)c(C#N)c3)cc21. The summed E-state index contributed by atoms with van der Waals surface area (Å²) in [5, 5.41) is 14.1. The monoisotopic (exact) mass is 688 g/mol. The van der Waals surface area contributed by atoms with Crippen molar-refractivity contribution < 1.29 is 38.1 Å². The van der Waals surface area contributed by atoms with Gasteiger partial charge >= 0.3 is 0 Å². The second kappa shape index (κ2) is 14.4. The molecular formula is C37H32N6O8. The fourth-order valence-electron chi connectivity index (χ4n) is 6.32. The van der Waals surface area contributed by atoms with Crippen LogP contribution in [-0.2, 0) is 26.1 Å². The molecule has 7 rings (SSSR count). The van der Waals surface area contributed by atoms with E-state index >= 15 is 0 Å². The third-order valence-corrected chi connectivity index (χ3v) is 8.86. The summed E-state index contributed by atoms with van der Waals surface area (Å²) in [7, 11) is 2.02. The highest BCUT2D eigenvalue weighted by Crippen LogP contribution is 2.33. The summed E-state index contributed by atoms with van der Waals surface area (Å²) in [4.78, 5) is 59.1. The van der Waals surface area contributed by atoms with Gasteiger partial charge in [-0.25, -0.2) is 4.98 Å². The molecule has 3 aromatic heterocycles. The van der Waals surface area contributed by atoms with Crippen LogP contribution >= 0.6 is 0 Å². The Balaban J connectivity index is 0.822. The highest BCUT2D eigenvalue weighted by atomic mass is 16.6. The van der Waals surface area contributed by atoms with Gasteiger partial charge in [0.1, 0.15) is 36.6 Å². The lowest BCUT2D eigenvalue weighted by Crippen LogP contribution is -2.54. The molecule has 2 aliphatic rings. The molecule has 2 aromatic carbocycles. The van der Waals surface area contributed by atoms with Crippen molar-refractivity contribution in [2.75, 3.05) is 39.6 Å². The Hall–Kier alpha value is -6.17. The van der Waals surface area contributed by atoms with Crippen LogP contribution < -0.4 is 14.8 Å². The van der Waals surface area contributed by atoms with Gasteiger partial charge < -0.3 is 23.5 Å². The molecule has 1 unspecified atom stereocenters. The number of pyridine rings is 2. The van der Waals surface area contributed by atoms with Gasteiger partial charge in [-0.05, 0) is 48.4 Å². The van der Waals surface area contributed by atoms with Crippen molar-refractivity contribution in [1.29, 1.82) is 5.26 Å². The molecule has 4 amide bonds. The van der Waals surface area contributed by atoms with Gasteiger partial charge in [0, 0.05) is 53.9 Å². The molecule has 0 saturated carbocycles. The van der Waals surface area contributed by atoms with E-state index in [0.717, 1.165) is 37.8 Å². The number of imide groups is 2. The summed E-state index contributed by atoms with van der Waals surface area (Å²) < 4.78 is 24.7. The lowest BCUT2D eigenvalue weighted by atomic mass is 10.0. The molecule has 0 aliphatic carbocycles. The van der Waals surface area contributed by atoms with Gasteiger partial charge in [-0.15, -0.1) is 0 Å². The number of amides is 4. The fraction of sp³-hybridized carbons (Fsp3) is 0.270. The van der Waals surface area contributed by atoms with Crippen molar-refractivity contribution in [2.45, 2.75) is 18.9 Å². The molecular weight excluding hydrogens is 656 g/mol. The summed E-state index contributed by atoms with van der Waals surface area (Å²) in [6, 6.07) is 15.6. The van der Waals surface area contributed by atoms with E-state index < -0.39 is 29.7 Å². The molecule has 0 spiro atoms. The number of nitrogens with zero attached hydrogens (tertiary/aromatic N) is 5. The molecule has 2 aliphatic heterocycles. The number of hydrogen-bond acceptors (Lipinski definition) is 11.